The molecule has 1 amide bonds. The molecule has 0 bridgehead atoms. The van der Waals surface area contributed by atoms with Gasteiger partial charge < -0.3 is 10.1 Å². The van der Waals surface area contributed by atoms with Crippen molar-refractivity contribution in [1.29, 1.82) is 0 Å². The first kappa shape index (κ1) is 21.3. The van der Waals surface area contributed by atoms with E-state index >= 15 is 0 Å². The van der Waals surface area contributed by atoms with Crippen molar-refractivity contribution in [3.63, 3.8) is 0 Å². The van der Waals surface area contributed by atoms with E-state index in [2.05, 4.69) is 10.3 Å². The number of rotatable bonds is 6. The summed E-state index contributed by atoms with van der Waals surface area (Å²) in [6.45, 7) is 0.740. The topological polar surface area (TPSA) is 88.6 Å². The van der Waals surface area contributed by atoms with Gasteiger partial charge in [-0.05, 0) is 48.7 Å². The number of sulfonamides is 1. The quantitative estimate of drug-likeness (QED) is 0.638. The number of carbonyl (C=O) groups is 1. The number of aromatic nitrogens is 1. The van der Waals surface area contributed by atoms with Crippen molar-refractivity contribution in [1.82, 2.24) is 14.6 Å². The Balaban J connectivity index is 1.35. The Morgan fingerprint density at radius 2 is 1.81 bits per heavy atom. The molecule has 1 saturated heterocycles. The fourth-order valence-corrected chi connectivity index (χ4v) is 5.37. The fourth-order valence-electron chi connectivity index (χ4n) is 3.90. The number of benzene rings is 2. The molecule has 1 aromatic heterocycles. The molecule has 1 N–H and O–H groups in total. The molecule has 7 nitrogen and oxygen atoms in total. The highest BCUT2D eigenvalue weighted by atomic mass is 32.2. The lowest BCUT2D eigenvalue weighted by Crippen LogP contribution is -2.46. The molecule has 0 saturated carbocycles. The summed E-state index contributed by atoms with van der Waals surface area (Å²) in [5, 5.41) is 4.06. The van der Waals surface area contributed by atoms with Crippen LogP contribution in [0.4, 0.5) is 0 Å². The summed E-state index contributed by atoms with van der Waals surface area (Å²) < 4.78 is 32.3. The van der Waals surface area contributed by atoms with Crippen LogP contribution < -0.4 is 10.1 Å². The number of amides is 1. The van der Waals surface area contributed by atoms with E-state index in [0.717, 1.165) is 16.5 Å². The number of carbonyl (C=O) groups excluding carboxylic acids is 1. The zero-order valence-electron chi connectivity index (χ0n) is 17.3. The van der Waals surface area contributed by atoms with Crippen LogP contribution >= 0.6 is 0 Å². The molecule has 31 heavy (non-hydrogen) atoms. The Kier molecular flexibility index (Phi) is 6.20. The Bertz CT molecular complexity index is 1170. The van der Waals surface area contributed by atoms with E-state index in [4.69, 9.17) is 4.74 Å². The van der Waals surface area contributed by atoms with Crippen molar-refractivity contribution < 1.29 is 17.9 Å². The first-order chi connectivity index (χ1) is 15.0. The number of hydrogen-bond donors (Lipinski definition) is 1. The van der Waals surface area contributed by atoms with Crippen LogP contribution in [0.1, 0.15) is 18.4 Å². The van der Waals surface area contributed by atoms with Gasteiger partial charge in [-0.15, -0.1) is 0 Å². The van der Waals surface area contributed by atoms with Crippen LogP contribution in [0.5, 0.6) is 5.75 Å². The van der Waals surface area contributed by atoms with Crippen molar-refractivity contribution in [2.45, 2.75) is 30.2 Å². The van der Waals surface area contributed by atoms with Gasteiger partial charge in [0.1, 0.15) is 5.75 Å². The van der Waals surface area contributed by atoms with E-state index in [-0.39, 0.29) is 23.3 Å². The van der Waals surface area contributed by atoms with Gasteiger partial charge in [0.25, 0.3) is 0 Å². The van der Waals surface area contributed by atoms with Crippen LogP contribution in [0, 0.1) is 0 Å². The molecule has 1 aliphatic rings. The first-order valence-electron chi connectivity index (χ1n) is 10.2. The third-order valence-electron chi connectivity index (χ3n) is 5.58. The Morgan fingerprint density at radius 3 is 2.52 bits per heavy atom. The SMILES string of the molecule is COc1ccc(S(=O)(=O)N2CCC(NC(=O)Cc3cccc4cccnc34)CC2)cc1. The summed E-state index contributed by atoms with van der Waals surface area (Å²) in [5.74, 6) is 0.538. The van der Waals surface area contributed by atoms with E-state index < -0.39 is 10.0 Å². The van der Waals surface area contributed by atoms with Crippen molar-refractivity contribution >= 4 is 26.8 Å². The molecular formula is C23H25N3O4S. The standard InChI is InChI=1S/C23H25N3O4S/c1-30-20-7-9-21(10-8-20)31(28,29)26-14-11-19(12-15-26)25-22(27)16-18-5-2-4-17-6-3-13-24-23(17)18/h2-10,13,19H,11-12,14-16H2,1H3,(H,25,27). The van der Waals surface area contributed by atoms with Crippen LogP contribution in [-0.2, 0) is 21.2 Å². The van der Waals surface area contributed by atoms with Crippen LogP contribution in [0.2, 0.25) is 0 Å². The van der Waals surface area contributed by atoms with Crippen molar-refractivity contribution in [3.05, 3.63) is 66.4 Å². The number of ether oxygens (including phenoxy) is 1. The highest BCUT2D eigenvalue weighted by Crippen LogP contribution is 2.23. The lowest BCUT2D eigenvalue weighted by molar-refractivity contribution is -0.121. The van der Waals surface area contributed by atoms with Gasteiger partial charge >= 0.3 is 0 Å². The molecule has 1 aliphatic heterocycles. The lowest BCUT2D eigenvalue weighted by Gasteiger charge is -2.31. The molecule has 2 aromatic carbocycles. The fraction of sp³-hybridized carbons (Fsp3) is 0.304. The van der Waals surface area contributed by atoms with Crippen LogP contribution in [0.15, 0.2) is 65.7 Å². The van der Waals surface area contributed by atoms with E-state index in [0.29, 0.717) is 31.7 Å². The molecule has 3 aromatic rings. The summed E-state index contributed by atoms with van der Waals surface area (Å²) in [4.78, 5) is 17.2. The lowest BCUT2D eigenvalue weighted by atomic mass is 10.0. The predicted octanol–water partition coefficient (Wildman–Crippen LogP) is 2.76. The second-order valence-electron chi connectivity index (χ2n) is 7.59. The third-order valence-corrected chi connectivity index (χ3v) is 7.50. The smallest absolute Gasteiger partial charge is 0.243 e. The summed E-state index contributed by atoms with van der Waals surface area (Å²) in [5.41, 5.74) is 1.72. The minimum atomic E-state index is -3.55. The molecule has 162 valence electrons. The number of hydrogen-bond acceptors (Lipinski definition) is 5. The first-order valence-corrected chi connectivity index (χ1v) is 11.7. The molecule has 0 atom stereocenters. The summed E-state index contributed by atoms with van der Waals surface area (Å²) in [6.07, 6.45) is 3.13. The number of methoxy groups -OCH3 is 1. The van der Waals surface area contributed by atoms with E-state index in [1.807, 2.05) is 30.3 Å². The zero-order chi connectivity index (χ0) is 21.8. The summed E-state index contributed by atoms with van der Waals surface area (Å²) in [7, 11) is -2.01. The monoisotopic (exact) mass is 439 g/mol. The highest BCUT2D eigenvalue weighted by Gasteiger charge is 2.30. The molecule has 2 heterocycles. The maximum Gasteiger partial charge on any atom is 0.243 e. The van der Waals surface area contributed by atoms with E-state index in [9.17, 15) is 13.2 Å². The number of nitrogens with zero attached hydrogens (tertiary/aromatic N) is 2. The molecule has 1 fully saturated rings. The van der Waals surface area contributed by atoms with Crippen LogP contribution in [0.3, 0.4) is 0 Å². The van der Waals surface area contributed by atoms with Crippen LogP contribution in [0.25, 0.3) is 10.9 Å². The maximum absolute atomic E-state index is 12.9. The Labute approximate surface area is 182 Å². The van der Waals surface area contributed by atoms with Gasteiger partial charge in [0.05, 0.1) is 23.9 Å². The highest BCUT2D eigenvalue weighted by molar-refractivity contribution is 7.89. The third kappa shape index (κ3) is 4.70. The summed E-state index contributed by atoms with van der Waals surface area (Å²) in [6, 6.07) is 16.0. The van der Waals surface area contributed by atoms with Crippen molar-refractivity contribution in [2.24, 2.45) is 0 Å². The van der Waals surface area contributed by atoms with Gasteiger partial charge in [0.15, 0.2) is 0 Å². The number of para-hydroxylation sites is 1. The largest absolute Gasteiger partial charge is 0.497 e. The average Bonchev–Trinajstić information content (AvgIpc) is 2.80. The van der Waals surface area contributed by atoms with E-state index in [1.165, 1.54) is 4.31 Å². The molecular weight excluding hydrogens is 414 g/mol. The predicted molar refractivity (Wildman–Crippen MR) is 118 cm³/mol. The van der Waals surface area contributed by atoms with Gasteiger partial charge in [-0.1, -0.05) is 24.3 Å². The second-order valence-corrected chi connectivity index (χ2v) is 9.53. The maximum atomic E-state index is 12.9. The van der Waals surface area contributed by atoms with Gasteiger partial charge in [-0.25, -0.2) is 8.42 Å². The zero-order valence-corrected chi connectivity index (χ0v) is 18.1. The Morgan fingerprint density at radius 1 is 1.10 bits per heavy atom. The van der Waals surface area contributed by atoms with Gasteiger partial charge in [-0.2, -0.15) is 4.31 Å². The normalized spacial score (nSPS) is 15.6. The number of fused-ring (bicyclic) bond motifs is 1. The molecule has 4 rings (SSSR count). The van der Waals surface area contributed by atoms with E-state index in [1.54, 1.807) is 37.6 Å². The van der Waals surface area contributed by atoms with Gasteiger partial charge in [-0.3, -0.25) is 9.78 Å². The molecule has 0 unspecified atom stereocenters. The van der Waals surface area contributed by atoms with Gasteiger partial charge in [0.2, 0.25) is 15.9 Å². The number of pyridine rings is 1. The number of nitrogens with one attached hydrogen (secondary N) is 1. The second kappa shape index (κ2) is 9.03. The minimum absolute atomic E-state index is 0.0437. The van der Waals surface area contributed by atoms with Crippen LogP contribution in [-0.4, -0.2) is 49.9 Å². The Hall–Kier alpha value is -2.97. The van der Waals surface area contributed by atoms with Crippen molar-refractivity contribution in [3.8, 4) is 5.75 Å². The van der Waals surface area contributed by atoms with Crippen molar-refractivity contribution in [2.75, 3.05) is 20.2 Å². The van der Waals surface area contributed by atoms with Gasteiger partial charge in [0, 0.05) is 30.7 Å². The molecule has 0 spiro atoms. The minimum Gasteiger partial charge on any atom is -0.497 e. The summed E-state index contributed by atoms with van der Waals surface area (Å²) >= 11 is 0. The number of piperidine rings is 1. The molecule has 8 heteroatoms. The average molecular weight is 440 g/mol. The molecule has 0 radical (unpaired) electrons. The molecule has 0 aliphatic carbocycles.